The average Bonchev–Trinajstić information content (AvgIpc) is 3.35. The Morgan fingerprint density at radius 2 is 1.94 bits per heavy atom. The Bertz CT molecular complexity index is 911. The van der Waals surface area contributed by atoms with E-state index in [4.69, 9.17) is 11.6 Å². The number of halogens is 1. The van der Waals surface area contributed by atoms with Crippen LogP contribution in [0.1, 0.15) is 68.2 Å². The summed E-state index contributed by atoms with van der Waals surface area (Å²) < 4.78 is 1.85. The van der Waals surface area contributed by atoms with Crippen LogP contribution in [0.2, 0.25) is 5.02 Å². The number of carbonyl (C=O) groups is 2. The van der Waals surface area contributed by atoms with Gasteiger partial charge in [0.15, 0.2) is 11.0 Å². The van der Waals surface area contributed by atoms with Crippen LogP contribution in [0.3, 0.4) is 0 Å². The molecule has 1 saturated carbocycles. The lowest BCUT2D eigenvalue weighted by Gasteiger charge is -2.20. The van der Waals surface area contributed by atoms with Crippen molar-refractivity contribution in [1.82, 2.24) is 25.4 Å². The number of amides is 2. The summed E-state index contributed by atoms with van der Waals surface area (Å²) >= 11 is 7.54. The van der Waals surface area contributed by atoms with Crippen molar-refractivity contribution in [3.8, 4) is 0 Å². The number of hydrogen-bond donors (Lipinski definition) is 2. The van der Waals surface area contributed by atoms with Gasteiger partial charge >= 0.3 is 0 Å². The summed E-state index contributed by atoms with van der Waals surface area (Å²) in [4.78, 5) is 25.1. The first-order chi connectivity index (χ1) is 14.8. The van der Waals surface area contributed by atoms with Gasteiger partial charge in [-0.2, -0.15) is 0 Å². The summed E-state index contributed by atoms with van der Waals surface area (Å²) in [7, 11) is 1.86. The van der Waals surface area contributed by atoms with Crippen molar-refractivity contribution in [2.24, 2.45) is 13.0 Å². The van der Waals surface area contributed by atoms with Crippen LogP contribution < -0.4 is 10.6 Å². The minimum absolute atomic E-state index is 0.0206. The minimum atomic E-state index is -0.317. The van der Waals surface area contributed by atoms with Crippen molar-refractivity contribution < 1.29 is 9.59 Å². The Balaban J connectivity index is 1.67. The van der Waals surface area contributed by atoms with Crippen LogP contribution in [0, 0.1) is 5.92 Å². The normalized spacial score (nSPS) is 15.3. The predicted octanol–water partition coefficient (Wildman–Crippen LogP) is 4.14. The number of nitrogens with one attached hydrogen (secondary N) is 2. The first kappa shape index (κ1) is 23.6. The lowest BCUT2D eigenvalue weighted by molar-refractivity contribution is -0.119. The molecule has 1 aliphatic rings. The van der Waals surface area contributed by atoms with E-state index in [1.165, 1.54) is 24.6 Å². The quantitative estimate of drug-likeness (QED) is 0.545. The van der Waals surface area contributed by atoms with Gasteiger partial charge in [0.1, 0.15) is 0 Å². The number of benzene rings is 1. The molecule has 0 bridgehead atoms. The molecule has 0 aliphatic heterocycles. The number of hydrogen-bond acceptors (Lipinski definition) is 5. The van der Waals surface area contributed by atoms with Crippen LogP contribution in [-0.2, 0) is 11.8 Å². The maximum atomic E-state index is 12.8. The van der Waals surface area contributed by atoms with Crippen LogP contribution in [-0.4, -0.2) is 38.4 Å². The fourth-order valence-electron chi connectivity index (χ4n) is 3.81. The van der Waals surface area contributed by atoms with Gasteiger partial charge in [-0.05, 0) is 37.3 Å². The third-order valence-electron chi connectivity index (χ3n) is 5.36. The lowest BCUT2D eigenvalue weighted by atomic mass is 10.0. The summed E-state index contributed by atoms with van der Waals surface area (Å²) in [6.07, 6.45) is 5.19. The molecule has 1 heterocycles. The molecule has 2 aromatic rings. The third-order valence-corrected chi connectivity index (χ3v) is 6.71. The van der Waals surface area contributed by atoms with Crippen molar-refractivity contribution in [3.05, 3.63) is 40.7 Å². The molecule has 2 N–H and O–H groups in total. The van der Waals surface area contributed by atoms with Crippen molar-refractivity contribution in [3.63, 3.8) is 0 Å². The van der Waals surface area contributed by atoms with E-state index in [1.807, 2.05) is 11.6 Å². The van der Waals surface area contributed by atoms with Crippen LogP contribution >= 0.6 is 23.4 Å². The van der Waals surface area contributed by atoms with E-state index in [2.05, 4.69) is 34.7 Å². The summed E-state index contributed by atoms with van der Waals surface area (Å²) in [5, 5.41) is 15.8. The number of carbonyl (C=O) groups excluding carboxylic acids is 2. The van der Waals surface area contributed by atoms with E-state index in [9.17, 15) is 9.59 Å². The van der Waals surface area contributed by atoms with E-state index >= 15 is 0 Å². The molecule has 31 heavy (non-hydrogen) atoms. The average molecular weight is 464 g/mol. The number of thioether (sulfide) groups is 1. The zero-order valence-corrected chi connectivity index (χ0v) is 19.8. The van der Waals surface area contributed by atoms with E-state index in [0.29, 0.717) is 45.7 Å². The summed E-state index contributed by atoms with van der Waals surface area (Å²) in [5.41, 5.74) is 0.429. The minimum Gasteiger partial charge on any atom is -0.353 e. The van der Waals surface area contributed by atoms with Gasteiger partial charge in [-0.15, -0.1) is 10.2 Å². The molecule has 1 aromatic heterocycles. The van der Waals surface area contributed by atoms with Gasteiger partial charge in [0.25, 0.3) is 5.91 Å². The highest BCUT2D eigenvalue weighted by Crippen LogP contribution is 2.25. The Labute approximate surface area is 192 Å². The first-order valence-electron chi connectivity index (χ1n) is 10.7. The van der Waals surface area contributed by atoms with Crippen LogP contribution in [0.25, 0.3) is 0 Å². The molecule has 1 atom stereocenters. The molecular formula is C22H30ClN5O2S. The molecule has 1 aliphatic carbocycles. The molecule has 0 saturated heterocycles. The second kappa shape index (κ2) is 11.0. The zero-order valence-electron chi connectivity index (χ0n) is 18.2. The molecule has 3 rings (SSSR count). The molecule has 0 spiro atoms. The van der Waals surface area contributed by atoms with Crippen LogP contribution in [0.15, 0.2) is 29.4 Å². The van der Waals surface area contributed by atoms with E-state index in [-0.39, 0.29) is 17.9 Å². The molecule has 0 unspecified atom stereocenters. The first-order valence-corrected chi connectivity index (χ1v) is 12.1. The standard InChI is InChI=1S/C22H30ClN5O2S/c1-14(2)12-18(25-21(30)16-10-6-7-11-17(16)23)20-26-27-22(28(20)3)31-13-19(29)24-15-8-4-5-9-15/h6-7,10-11,14-15,18H,4-5,8-9,12-13H2,1-3H3,(H,24,29)(H,25,30)/t18-/m0/s1. The fourth-order valence-corrected chi connectivity index (χ4v) is 4.76. The Morgan fingerprint density at radius 1 is 1.23 bits per heavy atom. The Kier molecular flexibility index (Phi) is 8.37. The van der Waals surface area contributed by atoms with Crippen molar-refractivity contribution >= 4 is 35.2 Å². The van der Waals surface area contributed by atoms with Gasteiger partial charge in [0.2, 0.25) is 5.91 Å². The number of aromatic nitrogens is 3. The largest absolute Gasteiger partial charge is 0.353 e. The molecule has 2 amide bonds. The SMILES string of the molecule is CC(C)C[C@H](NC(=O)c1ccccc1Cl)c1nnc(SCC(=O)NC2CCCC2)n1C. The molecule has 1 fully saturated rings. The van der Waals surface area contributed by atoms with Gasteiger partial charge in [-0.1, -0.05) is 62.2 Å². The molecule has 1 aromatic carbocycles. The topological polar surface area (TPSA) is 88.9 Å². The van der Waals surface area contributed by atoms with Crippen LogP contribution in [0.5, 0.6) is 0 Å². The summed E-state index contributed by atoms with van der Waals surface area (Å²) in [6.45, 7) is 4.18. The highest BCUT2D eigenvalue weighted by Gasteiger charge is 2.25. The second-order valence-corrected chi connectivity index (χ2v) is 9.72. The number of rotatable bonds is 9. The molecule has 9 heteroatoms. The third kappa shape index (κ3) is 6.46. The Morgan fingerprint density at radius 3 is 2.61 bits per heavy atom. The highest BCUT2D eigenvalue weighted by molar-refractivity contribution is 7.99. The second-order valence-electron chi connectivity index (χ2n) is 8.37. The smallest absolute Gasteiger partial charge is 0.253 e. The number of nitrogens with zero attached hydrogens (tertiary/aromatic N) is 3. The van der Waals surface area contributed by atoms with E-state index in [0.717, 1.165) is 12.8 Å². The maximum Gasteiger partial charge on any atom is 0.253 e. The van der Waals surface area contributed by atoms with E-state index in [1.54, 1.807) is 24.3 Å². The monoisotopic (exact) mass is 463 g/mol. The molecular weight excluding hydrogens is 434 g/mol. The van der Waals surface area contributed by atoms with E-state index < -0.39 is 0 Å². The van der Waals surface area contributed by atoms with Crippen molar-refractivity contribution in [2.75, 3.05) is 5.75 Å². The van der Waals surface area contributed by atoms with Gasteiger partial charge in [0, 0.05) is 13.1 Å². The zero-order chi connectivity index (χ0) is 22.4. The van der Waals surface area contributed by atoms with Crippen molar-refractivity contribution in [1.29, 1.82) is 0 Å². The van der Waals surface area contributed by atoms with Crippen molar-refractivity contribution in [2.45, 2.75) is 63.2 Å². The lowest BCUT2D eigenvalue weighted by Crippen LogP contribution is -2.34. The van der Waals surface area contributed by atoms with Gasteiger partial charge in [0.05, 0.1) is 22.4 Å². The fraction of sp³-hybridized carbons (Fsp3) is 0.545. The van der Waals surface area contributed by atoms with Gasteiger partial charge in [-0.25, -0.2) is 0 Å². The van der Waals surface area contributed by atoms with Gasteiger partial charge < -0.3 is 15.2 Å². The van der Waals surface area contributed by atoms with Gasteiger partial charge in [-0.3, -0.25) is 9.59 Å². The summed E-state index contributed by atoms with van der Waals surface area (Å²) in [6, 6.07) is 6.96. The predicted molar refractivity (Wildman–Crippen MR) is 123 cm³/mol. The summed E-state index contributed by atoms with van der Waals surface area (Å²) in [5.74, 6) is 1.06. The van der Waals surface area contributed by atoms with Crippen LogP contribution in [0.4, 0.5) is 0 Å². The molecule has 0 radical (unpaired) electrons. The Hall–Kier alpha value is -2.06. The molecule has 168 valence electrons. The maximum absolute atomic E-state index is 12.8. The molecule has 7 nitrogen and oxygen atoms in total. The highest BCUT2D eigenvalue weighted by atomic mass is 35.5.